The molecule has 6 nitrogen and oxygen atoms in total. The third-order valence-corrected chi connectivity index (χ3v) is 4.50. The van der Waals surface area contributed by atoms with Gasteiger partial charge in [0.1, 0.15) is 20.7 Å². The fraction of sp³-hybridized carbons (Fsp3) is 0.333. The molecular weight excluding hydrogens is 296 g/mol. The molecule has 2 heterocycles. The molecule has 0 atom stereocenters. The van der Waals surface area contributed by atoms with Crippen molar-refractivity contribution in [3.63, 3.8) is 0 Å². The lowest BCUT2D eigenvalue weighted by Gasteiger charge is -2.06. The van der Waals surface area contributed by atoms with Crippen molar-refractivity contribution in [1.82, 2.24) is 9.36 Å². The number of rotatable bonds is 6. The standard InChI is InChI=1S/C12H16N4O2S2/c1-20(17,18)7-3-6-15-12-10(11(13)16-19-12)9-4-2-5-14-8-9/h2,4-5,8,15H,3,6-7H2,1H3,(H2,13,16). The largest absolute Gasteiger partial charge is 0.382 e. The number of nitrogens with one attached hydrogen (secondary N) is 1. The van der Waals surface area contributed by atoms with Crippen LogP contribution in [0, 0.1) is 0 Å². The minimum absolute atomic E-state index is 0.163. The van der Waals surface area contributed by atoms with Gasteiger partial charge >= 0.3 is 0 Å². The first kappa shape index (κ1) is 14.7. The first-order chi connectivity index (χ1) is 9.47. The first-order valence-corrected chi connectivity index (χ1v) is 8.88. The molecule has 0 radical (unpaired) electrons. The number of sulfone groups is 1. The molecule has 2 rings (SSSR count). The molecule has 0 saturated carbocycles. The summed E-state index contributed by atoms with van der Waals surface area (Å²) in [5.41, 5.74) is 7.60. The number of nitrogen functional groups attached to an aromatic ring is 1. The summed E-state index contributed by atoms with van der Waals surface area (Å²) in [6.07, 6.45) is 5.20. The average Bonchev–Trinajstić information content (AvgIpc) is 2.76. The maximum Gasteiger partial charge on any atom is 0.147 e. The van der Waals surface area contributed by atoms with Crippen molar-refractivity contribution < 1.29 is 8.42 Å². The van der Waals surface area contributed by atoms with Gasteiger partial charge in [-0.3, -0.25) is 4.98 Å². The smallest absolute Gasteiger partial charge is 0.147 e. The van der Waals surface area contributed by atoms with Gasteiger partial charge < -0.3 is 11.1 Å². The summed E-state index contributed by atoms with van der Waals surface area (Å²) in [5, 5.41) is 4.03. The minimum Gasteiger partial charge on any atom is -0.382 e. The SMILES string of the molecule is CS(=O)(=O)CCCNc1snc(N)c1-c1cccnc1. The van der Waals surface area contributed by atoms with Gasteiger partial charge in [-0.15, -0.1) is 0 Å². The lowest BCUT2D eigenvalue weighted by molar-refractivity contribution is 0.600. The molecule has 2 aromatic heterocycles. The maximum atomic E-state index is 11.1. The van der Waals surface area contributed by atoms with Crippen molar-refractivity contribution in [3.8, 4) is 11.1 Å². The van der Waals surface area contributed by atoms with Gasteiger partial charge in [0.15, 0.2) is 0 Å². The predicted molar refractivity (Wildman–Crippen MR) is 82.6 cm³/mol. The van der Waals surface area contributed by atoms with E-state index in [1.54, 1.807) is 12.4 Å². The number of anilines is 2. The van der Waals surface area contributed by atoms with Crippen molar-refractivity contribution in [1.29, 1.82) is 0 Å². The monoisotopic (exact) mass is 312 g/mol. The molecule has 3 N–H and O–H groups in total. The lowest BCUT2D eigenvalue weighted by Crippen LogP contribution is -2.09. The average molecular weight is 312 g/mol. The highest BCUT2D eigenvalue weighted by atomic mass is 32.2. The quantitative estimate of drug-likeness (QED) is 0.787. The van der Waals surface area contributed by atoms with Gasteiger partial charge in [-0.2, -0.15) is 4.37 Å². The van der Waals surface area contributed by atoms with Crippen LogP contribution in [0.25, 0.3) is 11.1 Å². The summed E-state index contributed by atoms with van der Waals surface area (Å²) >= 11 is 1.27. The highest BCUT2D eigenvalue weighted by Crippen LogP contribution is 2.36. The number of pyridine rings is 1. The van der Waals surface area contributed by atoms with Gasteiger partial charge in [0, 0.05) is 30.8 Å². The van der Waals surface area contributed by atoms with Crippen molar-refractivity contribution >= 4 is 32.2 Å². The Bertz CT molecular complexity index is 668. The van der Waals surface area contributed by atoms with Crippen molar-refractivity contribution in [3.05, 3.63) is 24.5 Å². The van der Waals surface area contributed by atoms with Gasteiger partial charge in [-0.1, -0.05) is 6.07 Å². The van der Waals surface area contributed by atoms with Crippen LogP contribution >= 0.6 is 11.5 Å². The number of hydrogen-bond donors (Lipinski definition) is 2. The van der Waals surface area contributed by atoms with Crippen LogP contribution in [0.5, 0.6) is 0 Å². The fourth-order valence-electron chi connectivity index (χ4n) is 1.75. The highest BCUT2D eigenvalue weighted by molar-refractivity contribution is 7.90. The zero-order valence-corrected chi connectivity index (χ0v) is 12.7. The second-order valence-corrected chi connectivity index (χ2v) is 7.46. The summed E-state index contributed by atoms with van der Waals surface area (Å²) in [6, 6.07) is 3.74. The Morgan fingerprint density at radius 3 is 2.90 bits per heavy atom. The topological polar surface area (TPSA) is 98.0 Å². The van der Waals surface area contributed by atoms with E-state index >= 15 is 0 Å². The van der Waals surface area contributed by atoms with Crippen LogP contribution < -0.4 is 11.1 Å². The summed E-state index contributed by atoms with van der Waals surface area (Å²) in [4.78, 5) is 4.07. The van der Waals surface area contributed by atoms with E-state index in [1.807, 2.05) is 12.1 Å². The zero-order chi connectivity index (χ0) is 14.6. The summed E-state index contributed by atoms with van der Waals surface area (Å²) in [6.45, 7) is 0.558. The highest BCUT2D eigenvalue weighted by Gasteiger charge is 2.13. The van der Waals surface area contributed by atoms with Crippen LogP contribution in [-0.4, -0.2) is 36.3 Å². The number of nitrogens with zero attached hydrogens (tertiary/aromatic N) is 2. The molecule has 0 spiro atoms. The molecule has 0 aliphatic carbocycles. The molecule has 8 heteroatoms. The number of aromatic nitrogens is 2. The molecule has 0 unspecified atom stereocenters. The van der Waals surface area contributed by atoms with E-state index in [0.717, 1.165) is 16.1 Å². The normalized spacial score (nSPS) is 11.4. The number of nitrogens with two attached hydrogens (primary N) is 1. The van der Waals surface area contributed by atoms with E-state index in [4.69, 9.17) is 5.73 Å². The third kappa shape index (κ3) is 3.91. The Labute approximate surface area is 122 Å². The summed E-state index contributed by atoms with van der Waals surface area (Å²) < 4.78 is 26.3. The lowest BCUT2D eigenvalue weighted by atomic mass is 10.1. The van der Waals surface area contributed by atoms with E-state index in [0.29, 0.717) is 18.8 Å². The van der Waals surface area contributed by atoms with E-state index in [1.165, 1.54) is 17.8 Å². The molecular formula is C12H16N4O2S2. The van der Waals surface area contributed by atoms with Crippen LogP contribution in [0.2, 0.25) is 0 Å². The summed E-state index contributed by atoms with van der Waals surface area (Å²) in [7, 11) is -2.92. The van der Waals surface area contributed by atoms with E-state index in [-0.39, 0.29) is 5.75 Å². The molecule has 0 saturated heterocycles. The van der Waals surface area contributed by atoms with Crippen LogP contribution in [0.15, 0.2) is 24.5 Å². The van der Waals surface area contributed by atoms with Crippen LogP contribution in [0.4, 0.5) is 10.8 Å². The Hall–Kier alpha value is -1.67. The first-order valence-electron chi connectivity index (χ1n) is 6.04. The van der Waals surface area contributed by atoms with Crippen LogP contribution in [0.3, 0.4) is 0 Å². The van der Waals surface area contributed by atoms with E-state index < -0.39 is 9.84 Å². The molecule has 0 fully saturated rings. The predicted octanol–water partition coefficient (Wildman–Crippen LogP) is 1.63. The zero-order valence-electron chi connectivity index (χ0n) is 11.0. The number of hydrogen-bond acceptors (Lipinski definition) is 7. The van der Waals surface area contributed by atoms with Gasteiger partial charge in [0.2, 0.25) is 0 Å². The minimum atomic E-state index is -2.92. The van der Waals surface area contributed by atoms with E-state index in [9.17, 15) is 8.42 Å². The van der Waals surface area contributed by atoms with Crippen LogP contribution in [0.1, 0.15) is 6.42 Å². The third-order valence-electron chi connectivity index (χ3n) is 2.65. The Morgan fingerprint density at radius 1 is 1.45 bits per heavy atom. The van der Waals surface area contributed by atoms with Gasteiger partial charge in [0.25, 0.3) is 0 Å². The van der Waals surface area contributed by atoms with Crippen molar-refractivity contribution in [2.75, 3.05) is 29.6 Å². The Balaban J connectivity index is 2.07. The fourth-order valence-corrected chi connectivity index (χ4v) is 3.18. The maximum absolute atomic E-state index is 11.1. The molecule has 2 aromatic rings. The summed E-state index contributed by atoms with van der Waals surface area (Å²) in [5.74, 6) is 0.616. The Kier molecular flexibility index (Phi) is 4.56. The molecule has 0 aliphatic heterocycles. The molecule has 108 valence electrons. The van der Waals surface area contributed by atoms with E-state index in [2.05, 4.69) is 14.7 Å². The van der Waals surface area contributed by atoms with Gasteiger partial charge in [-0.05, 0) is 24.0 Å². The van der Waals surface area contributed by atoms with Gasteiger partial charge in [-0.25, -0.2) is 8.42 Å². The Morgan fingerprint density at radius 2 is 2.25 bits per heavy atom. The molecule has 20 heavy (non-hydrogen) atoms. The second-order valence-electron chi connectivity index (χ2n) is 4.42. The van der Waals surface area contributed by atoms with Gasteiger partial charge in [0.05, 0.1) is 11.3 Å². The van der Waals surface area contributed by atoms with Crippen molar-refractivity contribution in [2.45, 2.75) is 6.42 Å². The molecule has 0 aromatic carbocycles. The molecule has 0 bridgehead atoms. The van der Waals surface area contributed by atoms with Crippen LogP contribution in [-0.2, 0) is 9.84 Å². The molecule has 0 aliphatic rings. The van der Waals surface area contributed by atoms with Crippen molar-refractivity contribution in [2.24, 2.45) is 0 Å². The molecule has 0 amide bonds. The second kappa shape index (κ2) is 6.19.